The van der Waals surface area contributed by atoms with Gasteiger partial charge in [-0.05, 0) is 13.8 Å². The zero-order valence-corrected chi connectivity index (χ0v) is 9.38. The van der Waals surface area contributed by atoms with Crippen LogP contribution in [0.1, 0.15) is 25.8 Å². The molecule has 0 spiro atoms. The predicted molar refractivity (Wildman–Crippen MR) is 55.2 cm³/mol. The number of aromatic nitrogens is 2. The van der Waals surface area contributed by atoms with E-state index in [9.17, 15) is 5.11 Å². The van der Waals surface area contributed by atoms with Gasteiger partial charge in [-0.25, -0.2) is 4.98 Å². The Kier molecular flexibility index (Phi) is 4.74. The van der Waals surface area contributed by atoms with Crippen LogP contribution < -0.4 is 0 Å². The van der Waals surface area contributed by atoms with Crippen molar-refractivity contribution in [2.75, 3.05) is 13.2 Å². The SMILES string of the molecule is CCOC(OCC)C(O)c1nccn1C. The van der Waals surface area contributed by atoms with Gasteiger partial charge in [0.2, 0.25) is 0 Å². The molecule has 15 heavy (non-hydrogen) atoms. The Bertz CT molecular complexity index is 282. The minimum atomic E-state index is -0.857. The molecule has 86 valence electrons. The number of rotatable bonds is 6. The average Bonchev–Trinajstić information content (AvgIpc) is 2.63. The number of ether oxygens (including phenoxy) is 2. The van der Waals surface area contributed by atoms with Crippen molar-refractivity contribution in [1.82, 2.24) is 9.55 Å². The van der Waals surface area contributed by atoms with Crippen LogP contribution in [-0.4, -0.2) is 34.2 Å². The Morgan fingerprint density at radius 1 is 1.40 bits per heavy atom. The Hall–Kier alpha value is -0.910. The summed E-state index contributed by atoms with van der Waals surface area (Å²) in [4.78, 5) is 4.05. The van der Waals surface area contributed by atoms with Gasteiger partial charge in [-0.2, -0.15) is 0 Å². The maximum atomic E-state index is 9.98. The van der Waals surface area contributed by atoms with Crippen molar-refractivity contribution >= 4 is 0 Å². The highest BCUT2D eigenvalue weighted by atomic mass is 16.7. The number of imidazole rings is 1. The molecule has 1 atom stereocenters. The van der Waals surface area contributed by atoms with Gasteiger partial charge in [0.05, 0.1) is 0 Å². The van der Waals surface area contributed by atoms with Gasteiger partial charge >= 0.3 is 0 Å². The van der Waals surface area contributed by atoms with Gasteiger partial charge in [-0.1, -0.05) is 0 Å². The molecule has 0 aliphatic rings. The van der Waals surface area contributed by atoms with Crippen molar-refractivity contribution in [2.45, 2.75) is 26.2 Å². The van der Waals surface area contributed by atoms with Crippen molar-refractivity contribution in [2.24, 2.45) is 7.05 Å². The van der Waals surface area contributed by atoms with Crippen LogP contribution >= 0.6 is 0 Å². The molecule has 0 saturated heterocycles. The molecule has 0 radical (unpaired) electrons. The summed E-state index contributed by atoms with van der Waals surface area (Å²) in [6, 6.07) is 0. The second kappa shape index (κ2) is 5.85. The highest BCUT2D eigenvalue weighted by molar-refractivity contribution is 4.96. The molecule has 5 heteroatoms. The molecule has 0 bridgehead atoms. The van der Waals surface area contributed by atoms with E-state index in [1.807, 2.05) is 20.9 Å². The highest BCUT2D eigenvalue weighted by Crippen LogP contribution is 2.17. The first-order valence-electron chi connectivity index (χ1n) is 5.09. The van der Waals surface area contributed by atoms with Gasteiger partial charge in [0.15, 0.2) is 12.4 Å². The van der Waals surface area contributed by atoms with Crippen molar-refractivity contribution in [3.05, 3.63) is 18.2 Å². The number of hydrogen-bond acceptors (Lipinski definition) is 4. The lowest BCUT2D eigenvalue weighted by molar-refractivity contribution is -0.194. The Labute approximate surface area is 89.6 Å². The molecule has 1 N–H and O–H groups in total. The smallest absolute Gasteiger partial charge is 0.190 e. The maximum absolute atomic E-state index is 9.98. The Morgan fingerprint density at radius 3 is 2.40 bits per heavy atom. The van der Waals surface area contributed by atoms with Gasteiger partial charge in [-0.15, -0.1) is 0 Å². The summed E-state index contributed by atoms with van der Waals surface area (Å²) in [6.45, 7) is 4.70. The number of aryl methyl sites for hydroxylation is 1. The molecule has 0 aliphatic heterocycles. The third-order valence-electron chi connectivity index (χ3n) is 2.04. The van der Waals surface area contributed by atoms with E-state index in [0.29, 0.717) is 19.0 Å². The molecule has 0 fully saturated rings. The van der Waals surface area contributed by atoms with E-state index in [-0.39, 0.29) is 0 Å². The van der Waals surface area contributed by atoms with Gasteiger partial charge in [0, 0.05) is 32.7 Å². The first-order valence-corrected chi connectivity index (χ1v) is 5.09. The molecule has 1 unspecified atom stereocenters. The van der Waals surface area contributed by atoms with Crippen molar-refractivity contribution in [3.63, 3.8) is 0 Å². The van der Waals surface area contributed by atoms with E-state index in [1.165, 1.54) is 0 Å². The quantitative estimate of drug-likeness (QED) is 0.713. The molecular weight excluding hydrogens is 196 g/mol. The predicted octanol–water partition coefficient (Wildman–Crippen LogP) is 0.853. The molecule has 1 heterocycles. The molecular formula is C10H18N2O3. The van der Waals surface area contributed by atoms with Crippen molar-refractivity contribution in [3.8, 4) is 0 Å². The van der Waals surface area contributed by atoms with E-state index in [2.05, 4.69) is 4.98 Å². The van der Waals surface area contributed by atoms with Crippen LogP contribution in [0, 0.1) is 0 Å². The van der Waals surface area contributed by atoms with Gasteiger partial charge < -0.3 is 19.1 Å². The molecule has 0 aromatic carbocycles. The van der Waals surface area contributed by atoms with Crippen LogP contribution in [0.4, 0.5) is 0 Å². The fraction of sp³-hybridized carbons (Fsp3) is 0.700. The Balaban J connectivity index is 2.71. The minimum absolute atomic E-state index is 0.492. The summed E-state index contributed by atoms with van der Waals surface area (Å²) < 4.78 is 12.3. The van der Waals surface area contributed by atoms with E-state index < -0.39 is 12.4 Å². The Morgan fingerprint density at radius 2 is 2.00 bits per heavy atom. The third-order valence-corrected chi connectivity index (χ3v) is 2.04. The lowest BCUT2D eigenvalue weighted by Gasteiger charge is -2.22. The van der Waals surface area contributed by atoms with Crippen LogP contribution in [0.2, 0.25) is 0 Å². The summed E-state index contributed by atoms with van der Waals surface area (Å²) in [5.74, 6) is 0.543. The second-order valence-electron chi connectivity index (χ2n) is 3.12. The second-order valence-corrected chi connectivity index (χ2v) is 3.12. The molecule has 0 amide bonds. The summed E-state index contributed by atoms with van der Waals surface area (Å²) in [6.07, 6.45) is 1.90. The lowest BCUT2D eigenvalue weighted by atomic mass is 10.3. The molecule has 1 aromatic heterocycles. The minimum Gasteiger partial charge on any atom is -0.380 e. The van der Waals surface area contributed by atoms with E-state index in [1.54, 1.807) is 17.0 Å². The first-order chi connectivity index (χ1) is 7.20. The fourth-order valence-electron chi connectivity index (χ4n) is 1.34. The zero-order valence-electron chi connectivity index (χ0n) is 9.38. The standard InChI is InChI=1S/C10H18N2O3/c1-4-14-10(15-5-2)8(13)9-11-6-7-12(9)3/h6-8,10,13H,4-5H2,1-3H3. The molecule has 5 nitrogen and oxygen atoms in total. The largest absolute Gasteiger partial charge is 0.380 e. The van der Waals surface area contributed by atoms with E-state index in [4.69, 9.17) is 9.47 Å². The van der Waals surface area contributed by atoms with E-state index >= 15 is 0 Å². The van der Waals surface area contributed by atoms with Crippen molar-refractivity contribution in [1.29, 1.82) is 0 Å². The number of hydrogen-bond donors (Lipinski definition) is 1. The normalized spacial score (nSPS) is 13.4. The molecule has 0 saturated carbocycles. The van der Waals surface area contributed by atoms with Gasteiger partial charge in [-0.3, -0.25) is 0 Å². The first kappa shape index (κ1) is 12.2. The number of aliphatic hydroxyl groups is 1. The van der Waals surface area contributed by atoms with Gasteiger partial charge in [0.1, 0.15) is 5.82 Å². The van der Waals surface area contributed by atoms with Crippen LogP contribution in [0.15, 0.2) is 12.4 Å². The summed E-state index contributed by atoms with van der Waals surface area (Å²) in [5, 5.41) is 9.98. The van der Waals surface area contributed by atoms with Crippen LogP contribution in [0.25, 0.3) is 0 Å². The summed E-state index contributed by atoms with van der Waals surface area (Å²) in [5.41, 5.74) is 0. The summed E-state index contributed by atoms with van der Waals surface area (Å²) in [7, 11) is 1.82. The lowest BCUT2D eigenvalue weighted by Crippen LogP contribution is -2.27. The molecule has 1 rings (SSSR count). The average molecular weight is 214 g/mol. The zero-order chi connectivity index (χ0) is 11.3. The topological polar surface area (TPSA) is 56.5 Å². The number of aliphatic hydroxyl groups excluding tert-OH is 1. The van der Waals surface area contributed by atoms with Crippen LogP contribution in [0.3, 0.4) is 0 Å². The van der Waals surface area contributed by atoms with Crippen LogP contribution in [-0.2, 0) is 16.5 Å². The van der Waals surface area contributed by atoms with Crippen LogP contribution in [0.5, 0.6) is 0 Å². The van der Waals surface area contributed by atoms with Gasteiger partial charge in [0.25, 0.3) is 0 Å². The monoisotopic (exact) mass is 214 g/mol. The van der Waals surface area contributed by atoms with Crippen molar-refractivity contribution < 1.29 is 14.6 Å². The van der Waals surface area contributed by atoms with E-state index in [0.717, 1.165) is 0 Å². The molecule has 0 aliphatic carbocycles. The number of nitrogens with zero attached hydrogens (tertiary/aromatic N) is 2. The maximum Gasteiger partial charge on any atom is 0.190 e. The third kappa shape index (κ3) is 3.02. The highest BCUT2D eigenvalue weighted by Gasteiger charge is 2.24. The summed E-state index contributed by atoms with van der Waals surface area (Å²) >= 11 is 0. The molecule has 1 aromatic rings. The fourth-order valence-corrected chi connectivity index (χ4v) is 1.34.